The Kier molecular flexibility index (Phi) is 5.45. The molecule has 2 heterocycles. The molecule has 1 saturated heterocycles. The summed E-state index contributed by atoms with van der Waals surface area (Å²) in [6, 6.07) is 10.2. The number of halogens is 1. The molecule has 8 heteroatoms. The summed E-state index contributed by atoms with van der Waals surface area (Å²) in [5.41, 5.74) is 1.42. The summed E-state index contributed by atoms with van der Waals surface area (Å²) in [6.45, 7) is 2.09. The normalized spacial score (nSPS) is 25.3. The molecule has 2 aromatic carbocycles. The van der Waals surface area contributed by atoms with E-state index in [1.54, 1.807) is 44.3 Å². The first-order valence-corrected chi connectivity index (χ1v) is 10.5. The molecular formula is C23H26ClN3O4. The molecule has 2 aliphatic heterocycles. The lowest BCUT2D eigenvalue weighted by Crippen LogP contribution is -2.57. The highest BCUT2D eigenvalue weighted by Crippen LogP contribution is 2.51. The lowest BCUT2D eigenvalue weighted by atomic mass is 9.80. The van der Waals surface area contributed by atoms with E-state index in [0.717, 1.165) is 5.56 Å². The molecular weight excluding hydrogens is 418 g/mol. The lowest BCUT2D eigenvalue weighted by molar-refractivity contribution is -0.138. The minimum absolute atomic E-state index is 0.153. The van der Waals surface area contributed by atoms with E-state index in [4.69, 9.17) is 16.3 Å². The third-order valence-corrected chi connectivity index (χ3v) is 6.36. The molecule has 3 atom stereocenters. The van der Waals surface area contributed by atoms with Crippen molar-refractivity contribution < 1.29 is 19.4 Å². The molecule has 1 fully saturated rings. The Hall–Kier alpha value is -2.61. The van der Waals surface area contributed by atoms with Crippen LogP contribution in [-0.4, -0.2) is 66.6 Å². The van der Waals surface area contributed by atoms with Crippen LogP contribution in [0.3, 0.4) is 0 Å². The van der Waals surface area contributed by atoms with Crippen LogP contribution in [0.4, 0.5) is 5.69 Å². The fourth-order valence-electron chi connectivity index (χ4n) is 4.79. The number of fused-ring (bicyclic) bond motifs is 1. The van der Waals surface area contributed by atoms with Crippen LogP contribution < -0.4 is 10.1 Å². The summed E-state index contributed by atoms with van der Waals surface area (Å²) < 4.78 is 5.66. The first kappa shape index (κ1) is 21.6. The molecule has 0 spiro atoms. The number of carbonyl (C=O) groups excluding carboxylic acids is 2. The average molecular weight is 444 g/mol. The molecule has 2 aliphatic rings. The van der Waals surface area contributed by atoms with Crippen molar-refractivity contribution in [3.63, 3.8) is 0 Å². The SMILES string of the molecule is COc1ccc(C)cc1C1(N2C[C@@H](O)C[C@H]2C(=O)N(C)C)C(=O)Nc2ccc(Cl)cc21. The summed E-state index contributed by atoms with van der Waals surface area (Å²) in [4.78, 5) is 30.2. The number of hydrogen-bond acceptors (Lipinski definition) is 5. The Morgan fingerprint density at radius 3 is 2.68 bits per heavy atom. The standard InChI is InChI=1S/C23H26ClN3O4/c1-13-5-8-20(31-4)17(9-13)23(16-10-14(24)6-7-18(16)25-22(23)30)27-12-15(28)11-19(27)21(29)26(2)3/h5-10,15,19,28H,11-12H2,1-4H3,(H,25,30)/t15-,19-,23?/m0/s1. The zero-order chi connectivity index (χ0) is 22.5. The van der Waals surface area contributed by atoms with Gasteiger partial charge in [0.15, 0.2) is 5.54 Å². The summed E-state index contributed by atoms with van der Waals surface area (Å²) in [7, 11) is 4.89. The number of nitrogens with one attached hydrogen (secondary N) is 1. The molecule has 2 amide bonds. The third kappa shape index (κ3) is 3.28. The van der Waals surface area contributed by atoms with Gasteiger partial charge in [-0.3, -0.25) is 14.5 Å². The van der Waals surface area contributed by atoms with Crippen LogP contribution in [0.2, 0.25) is 5.02 Å². The van der Waals surface area contributed by atoms with Gasteiger partial charge in [-0.05, 0) is 43.7 Å². The number of aliphatic hydroxyl groups excluding tert-OH is 1. The number of hydrogen-bond donors (Lipinski definition) is 2. The number of β-amino-alcohol motifs (C(OH)–C–C–N with tert-alkyl or cyclic N) is 1. The zero-order valence-electron chi connectivity index (χ0n) is 18.0. The molecule has 0 aliphatic carbocycles. The van der Waals surface area contributed by atoms with E-state index in [-0.39, 0.29) is 24.8 Å². The maximum Gasteiger partial charge on any atom is 0.254 e. The molecule has 2 N–H and O–H groups in total. The zero-order valence-corrected chi connectivity index (χ0v) is 18.7. The average Bonchev–Trinajstić information content (AvgIpc) is 3.24. The van der Waals surface area contributed by atoms with Gasteiger partial charge in [-0.25, -0.2) is 0 Å². The molecule has 31 heavy (non-hydrogen) atoms. The van der Waals surface area contributed by atoms with Crippen molar-refractivity contribution in [2.45, 2.75) is 31.0 Å². The fourth-order valence-corrected chi connectivity index (χ4v) is 4.96. The molecule has 7 nitrogen and oxygen atoms in total. The molecule has 0 bridgehead atoms. The summed E-state index contributed by atoms with van der Waals surface area (Å²) in [5, 5.41) is 14.0. The minimum atomic E-state index is -1.38. The van der Waals surface area contributed by atoms with Crippen LogP contribution in [0.1, 0.15) is 23.1 Å². The van der Waals surface area contributed by atoms with Crippen LogP contribution in [0.5, 0.6) is 5.75 Å². The molecule has 1 unspecified atom stereocenters. The largest absolute Gasteiger partial charge is 0.496 e. The maximum atomic E-state index is 13.8. The van der Waals surface area contributed by atoms with E-state index >= 15 is 0 Å². The fraction of sp³-hybridized carbons (Fsp3) is 0.391. The van der Waals surface area contributed by atoms with Gasteiger partial charge in [-0.1, -0.05) is 23.2 Å². The highest BCUT2D eigenvalue weighted by Gasteiger charge is 2.59. The maximum absolute atomic E-state index is 13.8. The van der Waals surface area contributed by atoms with E-state index in [1.165, 1.54) is 4.90 Å². The van der Waals surface area contributed by atoms with Crippen molar-refractivity contribution in [1.82, 2.24) is 9.80 Å². The number of amides is 2. The Bertz CT molecular complexity index is 1060. The summed E-state index contributed by atoms with van der Waals surface area (Å²) in [6.07, 6.45) is -0.520. The van der Waals surface area contributed by atoms with Gasteiger partial charge in [0, 0.05) is 42.5 Å². The van der Waals surface area contributed by atoms with Gasteiger partial charge in [0.2, 0.25) is 5.91 Å². The second kappa shape index (κ2) is 7.82. The van der Waals surface area contributed by atoms with Crippen molar-refractivity contribution in [2.24, 2.45) is 0 Å². The Balaban J connectivity index is 2.05. The predicted octanol–water partition coefficient (Wildman–Crippen LogP) is 2.38. The molecule has 0 saturated carbocycles. The monoisotopic (exact) mass is 443 g/mol. The van der Waals surface area contributed by atoms with Crippen LogP contribution in [-0.2, 0) is 15.1 Å². The van der Waals surface area contributed by atoms with Crippen LogP contribution in [0, 0.1) is 6.92 Å². The Morgan fingerprint density at radius 1 is 1.26 bits per heavy atom. The molecule has 0 radical (unpaired) electrons. The van der Waals surface area contributed by atoms with E-state index in [1.807, 2.05) is 25.1 Å². The number of ether oxygens (including phenoxy) is 1. The van der Waals surface area contributed by atoms with E-state index in [9.17, 15) is 14.7 Å². The van der Waals surface area contributed by atoms with Gasteiger partial charge in [0.05, 0.1) is 19.3 Å². The Morgan fingerprint density at radius 2 is 2.00 bits per heavy atom. The van der Waals surface area contributed by atoms with Crippen molar-refractivity contribution in [3.8, 4) is 5.75 Å². The van der Waals surface area contributed by atoms with Gasteiger partial charge < -0.3 is 20.1 Å². The van der Waals surface area contributed by atoms with Gasteiger partial charge in [-0.15, -0.1) is 0 Å². The summed E-state index contributed by atoms with van der Waals surface area (Å²) in [5.74, 6) is 0.0381. The number of methoxy groups -OCH3 is 1. The van der Waals surface area contributed by atoms with Gasteiger partial charge in [-0.2, -0.15) is 0 Å². The topological polar surface area (TPSA) is 82.1 Å². The lowest BCUT2D eigenvalue weighted by Gasteiger charge is -2.41. The molecule has 0 aromatic heterocycles. The van der Waals surface area contributed by atoms with Crippen LogP contribution >= 0.6 is 11.6 Å². The van der Waals surface area contributed by atoms with Gasteiger partial charge in [0.25, 0.3) is 5.91 Å². The highest BCUT2D eigenvalue weighted by molar-refractivity contribution is 6.31. The second-order valence-corrected chi connectivity index (χ2v) is 8.78. The van der Waals surface area contributed by atoms with Crippen molar-refractivity contribution in [2.75, 3.05) is 33.1 Å². The van der Waals surface area contributed by atoms with Crippen molar-refractivity contribution in [3.05, 3.63) is 58.1 Å². The van der Waals surface area contributed by atoms with E-state index < -0.39 is 17.7 Å². The Labute approximate surface area is 186 Å². The quantitative estimate of drug-likeness (QED) is 0.758. The molecule has 4 rings (SSSR count). The number of aryl methyl sites for hydroxylation is 1. The number of anilines is 1. The predicted molar refractivity (Wildman–Crippen MR) is 118 cm³/mol. The first-order valence-electron chi connectivity index (χ1n) is 10.1. The summed E-state index contributed by atoms with van der Waals surface area (Å²) >= 11 is 6.36. The van der Waals surface area contributed by atoms with Crippen LogP contribution in [0.25, 0.3) is 0 Å². The van der Waals surface area contributed by atoms with Crippen molar-refractivity contribution in [1.29, 1.82) is 0 Å². The van der Waals surface area contributed by atoms with E-state index in [2.05, 4.69) is 5.32 Å². The molecule has 2 aromatic rings. The highest BCUT2D eigenvalue weighted by atomic mass is 35.5. The van der Waals surface area contributed by atoms with Crippen molar-refractivity contribution >= 4 is 29.1 Å². The minimum Gasteiger partial charge on any atom is -0.496 e. The second-order valence-electron chi connectivity index (χ2n) is 8.35. The smallest absolute Gasteiger partial charge is 0.254 e. The van der Waals surface area contributed by atoms with Gasteiger partial charge >= 0.3 is 0 Å². The number of nitrogens with zero attached hydrogens (tertiary/aromatic N) is 2. The third-order valence-electron chi connectivity index (χ3n) is 6.13. The molecule has 164 valence electrons. The number of benzene rings is 2. The number of likely N-dealkylation sites (tertiary alicyclic amines) is 1. The first-order chi connectivity index (χ1) is 14.7. The number of aliphatic hydroxyl groups is 1. The van der Waals surface area contributed by atoms with Gasteiger partial charge in [0.1, 0.15) is 5.75 Å². The number of carbonyl (C=O) groups is 2. The number of rotatable bonds is 4. The van der Waals surface area contributed by atoms with E-state index in [0.29, 0.717) is 27.6 Å². The number of likely N-dealkylation sites (N-methyl/N-ethyl adjacent to an activating group) is 1. The van der Waals surface area contributed by atoms with Crippen LogP contribution in [0.15, 0.2) is 36.4 Å².